The summed E-state index contributed by atoms with van der Waals surface area (Å²) < 4.78 is 54.7. The van der Waals surface area contributed by atoms with Crippen molar-refractivity contribution in [1.82, 2.24) is 49.9 Å². The third-order valence-electron chi connectivity index (χ3n) is 16.8. The van der Waals surface area contributed by atoms with Crippen LogP contribution in [0.15, 0.2) is 195 Å². The number of anilines is 2. The molecule has 0 aliphatic carbocycles. The second-order valence-corrected chi connectivity index (χ2v) is 24.5. The Balaban J connectivity index is 0.000000164. The topological polar surface area (TPSA) is 431 Å². The van der Waals surface area contributed by atoms with E-state index in [-0.39, 0.29) is 57.3 Å². The van der Waals surface area contributed by atoms with Gasteiger partial charge in [0.2, 0.25) is 5.72 Å². The van der Waals surface area contributed by atoms with Crippen molar-refractivity contribution in [3.05, 3.63) is 228 Å². The summed E-state index contributed by atoms with van der Waals surface area (Å²) >= 11 is 3.51. The average Bonchev–Trinajstić information content (AvgIpc) is 1.58. The molecule has 32 heteroatoms. The zero-order valence-electron chi connectivity index (χ0n) is 54.3. The number of aromatic nitrogens is 10. The number of benzene rings is 6. The minimum atomic E-state index is -1.84. The van der Waals surface area contributed by atoms with E-state index in [4.69, 9.17) is 54.1 Å². The summed E-state index contributed by atoms with van der Waals surface area (Å²) in [4.78, 5) is 87.1. The van der Waals surface area contributed by atoms with Crippen molar-refractivity contribution in [2.45, 2.75) is 97.6 Å². The summed E-state index contributed by atoms with van der Waals surface area (Å²) in [5.41, 5.74) is 10.6. The number of nitrogens with two attached hydrogens (primary N) is 2. The second kappa shape index (κ2) is 32.0. The largest absolute Gasteiger partial charge is 0.458 e. The van der Waals surface area contributed by atoms with E-state index < -0.39 is 127 Å². The highest BCUT2D eigenvalue weighted by Crippen LogP contribution is 2.45. The Labute approximate surface area is 588 Å². The van der Waals surface area contributed by atoms with Crippen molar-refractivity contribution >= 4 is 85.7 Å². The lowest BCUT2D eigenvalue weighted by atomic mass is 10.0. The maximum absolute atomic E-state index is 13.6. The highest BCUT2D eigenvalue weighted by molar-refractivity contribution is 9.10. The molecule has 3 aliphatic heterocycles. The van der Waals surface area contributed by atoms with Crippen LogP contribution in [0.3, 0.4) is 0 Å². The number of esters is 6. The van der Waals surface area contributed by atoms with Gasteiger partial charge in [0, 0.05) is 0 Å². The molecule has 31 nitrogen and oxygen atoms in total. The van der Waals surface area contributed by atoms with Crippen molar-refractivity contribution in [2.24, 2.45) is 0 Å². The maximum atomic E-state index is 13.6. The van der Waals surface area contributed by atoms with Crippen LogP contribution in [0.25, 0.3) is 22.3 Å². The van der Waals surface area contributed by atoms with E-state index in [0.29, 0.717) is 29.5 Å². The van der Waals surface area contributed by atoms with E-state index in [1.807, 2.05) is 13.8 Å². The summed E-state index contributed by atoms with van der Waals surface area (Å²) in [6.45, 7) is 1.68. The number of fused-ring (bicyclic) bond motifs is 2. The van der Waals surface area contributed by atoms with E-state index in [1.165, 1.54) is 21.8 Å². The Morgan fingerprint density at radius 1 is 0.461 bits per heavy atom. The molecule has 0 bridgehead atoms. The number of halogens is 1. The first kappa shape index (κ1) is 72.2. The number of hydrogen-bond donors (Lipinski definition) is 6. The molecule has 4 aromatic heterocycles. The van der Waals surface area contributed by atoms with Gasteiger partial charge >= 0.3 is 35.8 Å². The van der Waals surface area contributed by atoms with Gasteiger partial charge in [0.1, 0.15) is 43.7 Å². The molecule has 3 aliphatic rings. The minimum absolute atomic E-state index is 0.00916. The molecule has 0 saturated carbocycles. The number of nitrogen functional groups attached to an aromatic ring is 2. The number of imidazole rings is 2. The number of ether oxygens (including phenoxy) is 9. The first-order chi connectivity index (χ1) is 49.4. The van der Waals surface area contributed by atoms with Crippen LogP contribution in [0.1, 0.15) is 88.8 Å². The Kier molecular flexibility index (Phi) is 22.7. The quantitative estimate of drug-likeness (QED) is 0.0319. The standard InChI is InChI=1S/C32H28N6O7.C28H25BrO7.C10H14N6O5/c1-2-23-25(43-30(40)21-14-8-4-9-15-21)26(44-31(41)22-16-10-5-11-17-22)32(45-23,18-42-29(39)20-12-6-3-7-13-20)38-19-34-24-27(33)35-37-36-28(24)38;1-2-22-23(34-26(31)20-14-8-4-9-15-20)24(35-27(32)21-16-10-5-11-17-21)28(29,36-22)18-33-25(30)19-12-6-3-7-13-19;11-8-5-9(14-15-13-8)16(3-12-5)10(2-18)7(20)6(19)4(1-17)21-10/h3-17,19,23,25-26H,2,18H2,1H3,(H2,33,35,36);3-17,22-24H,2,18H2,1H3;3-4,6-7,17-20H,1-2H2,(H2,11,13,14)/t23-,25+,26?,32-;22-,23+,24?,28-;4-,6+,7?,10-/m111/s1. The molecular formula is C70H67BrN12O19. The van der Waals surface area contributed by atoms with Gasteiger partial charge in [0.25, 0.3) is 0 Å². The third-order valence-corrected chi connectivity index (χ3v) is 17.7. The van der Waals surface area contributed by atoms with Crippen LogP contribution in [0.5, 0.6) is 0 Å². The van der Waals surface area contributed by atoms with Gasteiger partial charge in [-0.15, -0.1) is 20.4 Å². The van der Waals surface area contributed by atoms with Crippen molar-refractivity contribution in [3.63, 3.8) is 0 Å². The Hall–Kier alpha value is -11.1. The Morgan fingerprint density at radius 2 is 0.804 bits per heavy atom. The molecule has 528 valence electrons. The SMILES string of the molecule is CC[C@H]1O[C@@](COC(=O)c2ccccc2)(n2cnc3c(N)nnnc32)C(OC(=O)c2ccccc2)[C@H]1OC(=O)c1ccccc1.CC[C@H]1O[C@](Br)(COC(=O)c2ccccc2)C(OC(=O)c2ccccc2)[C@H]1OC(=O)c1ccccc1.Nc1nnnc2c1ncn2[C@]1(CO)O[C@H](CO)[C@H](O)C1O. The zero-order chi connectivity index (χ0) is 72.1. The van der Waals surface area contributed by atoms with Gasteiger partial charge in [0.05, 0.1) is 59.2 Å². The molecule has 7 heterocycles. The number of carbonyl (C=O) groups excluding carboxylic acids is 6. The highest BCUT2D eigenvalue weighted by atomic mass is 79.9. The molecule has 3 unspecified atom stereocenters. The summed E-state index contributed by atoms with van der Waals surface area (Å²) in [7, 11) is 0. The van der Waals surface area contributed by atoms with E-state index in [2.05, 4.69) is 56.7 Å². The van der Waals surface area contributed by atoms with E-state index >= 15 is 0 Å². The highest BCUT2D eigenvalue weighted by Gasteiger charge is 2.63. The van der Waals surface area contributed by atoms with E-state index in [1.54, 1.807) is 182 Å². The number of aliphatic hydroxyl groups is 4. The first-order valence-electron chi connectivity index (χ1n) is 31.8. The predicted molar refractivity (Wildman–Crippen MR) is 360 cm³/mol. The predicted octanol–water partition coefficient (Wildman–Crippen LogP) is 5.33. The first-order valence-corrected chi connectivity index (χ1v) is 32.6. The Bertz CT molecular complexity index is 4540. The molecule has 0 radical (unpaired) electrons. The minimum Gasteiger partial charge on any atom is -0.458 e. The summed E-state index contributed by atoms with van der Waals surface area (Å²) in [5.74, 6) is -3.81. The molecule has 6 aromatic carbocycles. The van der Waals surface area contributed by atoms with Gasteiger partial charge in [0.15, 0.2) is 68.6 Å². The van der Waals surface area contributed by atoms with Crippen molar-refractivity contribution in [2.75, 3.05) is 37.9 Å². The molecule has 10 aromatic rings. The summed E-state index contributed by atoms with van der Waals surface area (Å²) in [6, 6.07) is 50.5. The molecular weight excluding hydrogens is 1390 g/mol. The Morgan fingerprint density at radius 3 is 1.19 bits per heavy atom. The molecule has 0 amide bonds. The third kappa shape index (κ3) is 15.2. The second-order valence-electron chi connectivity index (χ2n) is 23.2. The van der Waals surface area contributed by atoms with Crippen molar-refractivity contribution in [3.8, 4) is 0 Å². The molecule has 102 heavy (non-hydrogen) atoms. The fraction of sp³-hybridized carbons (Fsp3) is 0.286. The lowest BCUT2D eigenvalue weighted by Gasteiger charge is -2.35. The number of nitrogens with zero attached hydrogens (tertiary/aromatic N) is 10. The van der Waals surface area contributed by atoms with Gasteiger partial charge in [-0.1, -0.05) is 123 Å². The van der Waals surface area contributed by atoms with Crippen LogP contribution in [-0.2, 0) is 54.1 Å². The van der Waals surface area contributed by atoms with Gasteiger partial charge < -0.3 is 74.5 Å². The van der Waals surface area contributed by atoms with Crippen LogP contribution in [-0.4, -0.2) is 192 Å². The van der Waals surface area contributed by atoms with Gasteiger partial charge in [-0.2, -0.15) is 0 Å². The van der Waals surface area contributed by atoms with Crippen LogP contribution < -0.4 is 11.5 Å². The van der Waals surface area contributed by atoms with Crippen LogP contribution in [0.4, 0.5) is 11.6 Å². The lowest BCUT2D eigenvalue weighted by Crippen LogP contribution is -2.52. The number of carbonyl (C=O) groups is 6. The van der Waals surface area contributed by atoms with Crippen LogP contribution >= 0.6 is 15.9 Å². The summed E-state index contributed by atoms with van der Waals surface area (Å²) in [5, 5.41) is 61.4. The normalized spacial score (nSPS) is 24.1. The van der Waals surface area contributed by atoms with Gasteiger partial charge in [-0.05, 0) is 112 Å². The number of hydrogen-bond acceptors (Lipinski definition) is 29. The van der Waals surface area contributed by atoms with Crippen LogP contribution in [0, 0.1) is 0 Å². The number of aliphatic hydroxyl groups excluding tert-OH is 4. The summed E-state index contributed by atoms with van der Waals surface area (Å²) in [6.07, 6.45) is -6.63. The molecule has 8 N–H and O–H groups in total. The van der Waals surface area contributed by atoms with E-state index in [0.717, 1.165) is 0 Å². The fourth-order valence-electron chi connectivity index (χ4n) is 11.6. The average molecular weight is 1460 g/mol. The fourth-order valence-corrected chi connectivity index (χ4v) is 12.3. The molecule has 3 fully saturated rings. The lowest BCUT2D eigenvalue weighted by molar-refractivity contribution is -0.169. The number of rotatable bonds is 20. The molecule has 12 atom stereocenters. The van der Waals surface area contributed by atoms with Crippen LogP contribution in [0.2, 0.25) is 0 Å². The van der Waals surface area contributed by atoms with Crippen molar-refractivity contribution in [1.29, 1.82) is 0 Å². The number of alkyl halides is 1. The van der Waals surface area contributed by atoms with Gasteiger partial charge in [-0.3, -0.25) is 9.13 Å². The smallest absolute Gasteiger partial charge is 0.338 e. The molecule has 3 saturated heterocycles. The molecule has 0 spiro atoms. The maximum Gasteiger partial charge on any atom is 0.338 e. The van der Waals surface area contributed by atoms with Crippen molar-refractivity contribution < 1.29 is 91.8 Å². The zero-order valence-corrected chi connectivity index (χ0v) is 55.9. The molecule has 13 rings (SSSR count). The van der Waals surface area contributed by atoms with Gasteiger partial charge in [-0.25, -0.2) is 38.7 Å². The van der Waals surface area contributed by atoms with E-state index in [9.17, 15) is 49.2 Å². The monoisotopic (exact) mass is 1460 g/mol.